The first-order valence-corrected chi connectivity index (χ1v) is 14.8. The number of aromatic nitrogens is 3. The van der Waals surface area contributed by atoms with E-state index in [4.69, 9.17) is 37.3 Å². The quantitative estimate of drug-likeness (QED) is 0.151. The highest BCUT2D eigenvalue weighted by molar-refractivity contribution is 6.38. The third kappa shape index (κ3) is 5.55. The number of benzene rings is 2. The number of unbranched alkanes of at least 4 members (excludes halogenated alkanes) is 2. The van der Waals surface area contributed by atoms with Gasteiger partial charge in [-0.05, 0) is 49.6 Å². The number of nitrogens with zero attached hydrogens (tertiary/aromatic N) is 3. The number of aryl methyl sites for hydroxylation is 2. The van der Waals surface area contributed by atoms with Crippen LogP contribution in [0.2, 0.25) is 5.02 Å². The molecule has 9 nitrogen and oxygen atoms in total. The Bertz CT molecular complexity index is 1720. The van der Waals surface area contributed by atoms with Crippen LogP contribution in [0.25, 0.3) is 32.9 Å². The monoisotopic (exact) mass is 595 g/mol. The van der Waals surface area contributed by atoms with E-state index >= 15 is 0 Å². The highest BCUT2D eigenvalue weighted by Crippen LogP contribution is 2.42. The summed E-state index contributed by atoms with van der Waals surface area (Å²) in [5.41, 5.74) is 16.9. The zero-order valence-electron chi connectivity index (χ0n) is 23.9. The number of ketones is 1. The number of anilines is 2. The summed E-state index contributed by atoms with van der Waals surface area (Å²) in [4.78, 5) is 15.9. The van der Waals surface area contributed by atoms with Gasteiger partial charge >= 0.3 is 0 Å². The van der Waals surface area contributed by atoms with Gasteiger partial charge in [0.1, 0.15) is 29.9 Å². The molecule has 0 saturated heterocycles. The standard InChI is InChI=1S/C16H21ClN2O.C15H17N3O3.CH4/c1-3-5-8-19-15-11(14(17)16(19)18)6-7-13-12(15)9-10(4-2)20-13;1-2-3-6-18-14-9-7-13(11(20)8-19)21-12(9)5-4-10(14)17-15(18)16;/h6-7,10H,3-5,8-9,18H2,1-2H3;4-5,7,19H,2-3,6,8H2,1H3,(H2,16,17);1H4. The van der Waals surface area contributed by atoms with Crippen molar-refractivity contribution >= 4 is 62.1 Å². The lowest BCUT2D eigenvalue weighted by Gasteiger charge is -2.09. The maximum absolute atomic E-state index is 11.6. The van der Waals surface area contributed by atoms with E-state index in [1.807, 2.05) is 22.8 Å². The van der Waals surface area contributed by atoms with Gasteiger partial charge in [0.05, 0.1) is 21.6 Å². The average molecular weight is 596 g/mol. The molecule has 5 N–H and O–H groups in total. The number of carbonyl (C=O) groups is 1. The summed E-state index contributed by atoms with van der Waals surface area (Å²) in [7, 11) is 0. The van der Waals surface area contributed by atoms with Gasteiger partial charge in [-0.25, -0.2) is 4.98 Å². The second-order valence-electron chi connectivity index (χ2n) is 10.5. The number of rotatable bonds is 9. The molecule has 226 valence electrons. The summed E-state index contributed by atoms with van der Waals surface area (Å²) >= 11 is 6.41. The number of nitrogen functional groups attached to an aromatic ring is 2. The van der Waals surface area contributed by atoms with Crippen molar-refractivity contribution in [2.75, 3.05) is 18.1 Å². The summed E-state index contributed by atoms with van der Waals surface area (Å²) in [5.74, 6) is 1.86. The SMILES string of the molecule is C.CCCCn1c(N)c(Cl)c2ccc3c(c21)CC(CC)O3.CCCCn1c(N)nc2ccc3oc(C(=O)CO)cc3c21. The van der Waals surface area contributed by atoms with Crippen molar-refractivity contribution in [1.29, 1.82) is 0 Å². The second-order valence-corrected chi connectivity index (χ2v) is 10.9. The van der Waals surface area contributed by atoms with Crippen molar-refractivity contribution in [2.45, 2.75) is 85.9 Å². The Balaban J connectivity index is 0.000000189. The molecule has 1 aliphatic rings. The van der Waals surface area contributed by atoms with Gasteiger partial charge in [0.15, 0.2) is 5.76 Å². The van der Waals surface area contributed by atoms with Gasteiger partial charge in [-0.3, -0.25) is 4.79 Å². The number of hydrogen-bond acceptors (Lipinski definition) is 7. The molecule has 0 radical (unpaired) electrons. The second kappa shape index (κ2) is 13.1. The maximum atomic E-state index is 11.6. The molecule has 10 heteroatoms. The minimum atomic E-state index is -0.569. The first-order valence-electron chi connectivity index (χ1n) is 14.4. The number of aliphatic hydroxyl groups excluding tert-OH is 1. The fourth-order valence-corrected chi connectivity index (χ4v) is 5.78. The molecule has 3 aromatic heterocycles. The van der Waals surface area contributed by atoms with Crippen LogP contribution >= 0.6 is 11.6 Å². The van der Waals surface area contributed by atoms with E-state index in [9.17, 15) is 4.79 Å². The average Bonchev–Trinajstić information content (AvgIpc) is 3.73. The van der Waals surface area contributed by atoms with Gasteiger partial charge in [-0.1, -0.05) is 52.6 Å². The molecule has 5 aromatic rings. The lowest BCUT2D eigenvalue weighted by molar-refractivity contribution is 0.0878. The third-order valence-electron chi connectivity index (χ3n) is 7.76. The molecule has 4 heterocycles. The fraction of sp³-hybridized carbons (Fsp3) is 0.438. The van der Waals surface area contributed by atoms with Crippen molar-refractivity contribution < 1.29 is 19.1 Å². The van der Waals surface area contributed by atoms with Crippen molar-refractivity contribution in [2.24, 2.45) is 0 Å². The van der Waals surface area contributed by atoms with Crippen molar-refractivity contribution in [3.63, 3.8) is 0 Å². The Morgan fingerprint density at radius 3 is 2.43 bits per heavy atom. The summed E-state index contributed by atoms with van der Waals surface area (Å²) < 4.78 is 15.6. The molecule has 2 aromatic carbocycles. The molecule has 1 aliphatic heterocycles. The molecule has 0 spiro atoms. The van der Waals surface area contributed by atoms with Crippen molar-refractivity contribution in [3.8, 4) is 5.75 Å². The van der Waals surface area contributed by atoms with Gasteiger partial charge in [-0.15, -0.1) is 0 Å². The summed E-state index contributed by atoms with van der Waals surface area (Å²) in [6.07, 6.45) is 6.54. The molecule has 0 amide bonds. The van der Waals surface area contributed by atoms with Crippen LogP contribution in [0.3, 0.4) is 0 Å². The number of halogens is 1. The van der Waals surface area contributed by atoms with E-state index in [1.165, 1.54) is 11.1 Å². The zero-order valence-corrected chi connectivity index (χ0v) is 24.6. The topological polar surface area (TPSA) is 134 Å². The van der Waals surface area contributed by atoms with Crippen LogP contribution < -0.4 is 16.2 Å². The largest absolute Gasteiger partial charge is 0.490 e. The van der Waals surface area contributed by atoms with Gasteiger partial charge in [0.2, 0.25) is 11.7 Å². The van der Waals surface area contributed by atoms with Gasteiger partial charge in [-0.2, -0.15) is 0 Å². The number of nitrogens with two attached hydrogens (primary N) is 2. The van der Waals surface area contributed by atoms with E-state index in [2.05, 4.69) is 30.3 Å². The van der Waals surface area contributed by atoms with Crippen LogP contribution in [0.15, 0.2) is 34.7 Å². The lowest BCUT2D eigenvalue weighted by atomic mass is 10.1. The highest BCUT2D eigenvalue weighted by Gasteiger charge is 2.27. The molecule has 0 fully saturated rings. The number of Topliss-reactive ketones (excluding diaryl/α,β-unsaturated/α-hetero) is 1. The molecule has 0 saturated carbocycles. The number of furan rings is 1. The maximum Gasteiger partial charge on any atom is 0.223 e. The highest BCUT2D eigenvalue weighted by atomic mass is 35.5. The lowest BCUT2D eigenvalue weighted by Crippen LogP contribution is -2.10. The molecule has 1 atom stereocenters. The molecule has 42 heavy (non-hydrogen) atoms. The van der Waals surface area contributed by atoms with Gasteiger partial charge in [0.25, 0.3) is 0 Å². The fourth-order valence-electron chi connectivity index (χ4n) is 5.53. The van der Waals surface area contributed by atoms with Crippen LogP contribution in [0.5, 0.6) is 5.75 Å². The predicted molar refractivity (Wildman–Crippen MR) is 172 cm³/mol. The number of aliphatic hydroxyl groups is 1. The Hall–Kier alpha value is -3.69. The first kappa shape index (κ1) is 31.3. The minimum Gasteiger partial charge on any atom is -0.490 e. The van der Waals surface area contributed by atoms with E-state index in [1.54, 1.807) is 12.1 Å². The Labute approximate surface area is 251 Å². The normalized spacial score (nSPS) is 14.1. The number of hydrogen-bond donors (Lipinski definition) is 3. The Morgan fingerprint density at radius 1 is 1.05 bits per heavy atom. The first-order chi connectivity index (χ1) is 19.8. The molecule has 1 unspecified atom stereocenters. The smallest absolute Gasteiger partial charge is 0.223 e. The van der Waals surface area contributed by atoms with Crippen LogP contribution in [-0.2, 0) is 19.5 Å². The predicted octanol–water partition coefficient (Wildman–Crippen LogP) is 7.37. The van der Waals surface area contributed by atoms with E-state index in [0.29, 0.717) is 22.4 Å². The molecule has 6 rings (SSSR count). The number of imidazole rings is 1. The van der Waals surface area contributed by atoms with Gasteiger partial charge < -0.3 is 34.9 Å². The zero-order chi connectivity index (χ0) is 29.3. The summed E-state index contributed by atoms with van der Waals surface area (Å²) in [5, 5.41) is 11.5. The van der Waals surface area contributed by atoms with Crippen molar-refractivity contribution in [1.82, 2.24) is 14.1 Å². The molecule has 0 bridgehead atoms. The van der Waals surface area contributed by atoms with Crippen molar-refractivity contribution in [3.05, 3.63) is 46.7 Å². The molecule has 0 aliphatic carbocycles. The Morgan fingerprint density at radius 2 is 1.76 bits per heavy atom. The number of ether oxygens (including phenoxy) is 1. The molecular weight excluding hydrogens is 554 g/mol. The minimum absolute atomic E-state index is 0. The summed E-state index contributed by atoms with van der Waals surface area (Å²) in [6.45, 7) is 7.57. The summed E-state index contributed by atoms with van der Waals surface area (Å²) in [6, 6.07) is 9.31. The van der Waals surface area contributed by atoms with E-state index in [-0.39, 0.29) is 19.3 Å². The van der Waals surface area contributed by atoms with Crippen LogP contribution in [0, 0.1) is 0 Å². The number of fused-ring (bicyclic) bond motifs is 6. The van der Waals surface area contributed by atoms with Crippen LogP contribution in [0.1, 0.15) is 76.4 Å². The van der Waals surface area contributed by atoms with E-state index in [0.717, 1.165) is 79.2 Å². The van der Waals surface area contributed by atoms with Crippen LogP contribution in [0.4, 0.5) is 11.8 Å². The molecular formula is C32H42ClN5O4. The van der Waals surface area contributed by atoms with Crippen LogP contribution in [-0.4, -0.2) is 37.7 Å². The van der Waals surface area contributed by atoms with Gasteiger partial charge in [0, 0.05) is 35.8 Å². The van der Waals surface area contributed by atoms with E-state index < -0.39 is 12.4 Å². The Kier molecular flexibility index (Phi) is 9.74. The number of carbonyl (C=O) groups excluding carboxylic acids is 1. The third-order valence-corrected chi connectivity index (χ3v) is 8.16.